The fourth-order valence-corrected chi connectivity index (χ4v) is 2.49. The lowest BCUT2D eigenvalue weighted by Crippen LogP contribution is -2.16. The molecule has 1 unspecified atom stereocenters. The van der Waals surface area contributed by atoms with Gasteiger partial charge in [-0.15, -0.1) is 11.3 Å². The van der Waals surface area contributed by atoms with Crippen molar-refractivity contribution in [3.63, 3.8) is 0 Å². The van der Waals surface area contributed by atoms with Crippen LogP contribution in [0.2, 0.25) is 0 Å². The van der Waals surface area contributed by atoms with Crippen molar-refractivity contribution in [2.75, 3.05) is 12.4 Å². The number of anilines is 1. The zero-order valence-electron chi connectivity index (χ0n) is 11.3. The highest BCUT2D eigenvalue weighted by Crippen LogP contribution is 2.20. The van der Waals surface area contributed by atoms with E-state index in [1.807, 2.05) is 19.4 Å². The monoisotopic (exact) mass is 293 g/mol. The molecular weight excluding hydrogens is 277 g/mol. The summed E-state index contributed by atoms with van der Waals surface area (Å²) in [7, 11) is 1.85. The Balaban J connectivity index is 1.98. The molecule has 106 valence electrons. The highest BCUT2D eigenvalue weighted by atomic mass is 32.1. The maximum Gasteiger partial charge on any atom is 0.230 e. The first-order valence-corrected chi connectivity index (χ1v) is 7.14. The minimum Gasteiger partial charge on any atom is -0.312 e. The van der Waals surface area contributed by atoms with Crippen LogP contribution in [-0.2, 0) is 11.2 Å². The van der Waals surface area contributed by atoms with Crippen LogP contribution >= 0.6 is 11.3 Å². The van der Waals surface area contributed by atoms with E-state index >= 15 is 0 Å². The van der Waals surface area contributed by atoms with Gasteiger partial charge in [0.05, 0.1) is 12.1 Å². The molecule has 0 saturated heterocycles. The fourth-order valence-electron chi connectivity index (χ4n) is 1.67. The smallest absolute Gasteiger partial charge is 0.230 e. The standard InChI is InChI=1S/C14H16FN3OS/c1-9(16-2)12-8-20-14(17-12)18-13(19)7-10-5-3-4-6-11(10)15/h3-6,8-9,16H,7H2,1-2H3,(H,17,18,19). The maximum atomic E-state index is 13.4. The molecule has 0 fully saturated rings. The van der Waals surface area contributed by atoms with Crippen LogP contribution in [-0.4, -0.2) is 17.9 Å². The SMILES string of the molecule is CNC(C)c1csc(NC(=O)Cc2ccccc2F)n1. The quantitative estimate of drug-likeness (QED) is 0.891. The number of hydrogen-bond donors (Lipinski definition) is 2. The normalized spacial score (nSPS) is 12.2. The van der Waals surface area contributed by atoms with Crippen LogP contribution in [0.25, 0.3) is 0 Å². The third-order valence-corrected chi connectivity index (χ3v) is 3.73. The molecule has 4 nitrogen and oxygen atoms in total. The molecule has 1 aromatic heterocycles. The molecule has 1 amide bonds. The fraction of sp³-hybridized carbons (Fsp3) is 0.286. The Morgan fingerprint density at radius 2 is 2.20 bits per heavy atom. The summed E-state index contributed by atoms with van der Waals surface area (Å²) in [4.78, 5) is 16.2. The van der Waals surface area contributed by atoms with Crippen molar-refractivity contribution in [3.05, 3.63) is 46.7 Å². The van der Waals surface area contributed by atoms with E-state index in [1.54, 1.807) is 18.2 Å². The Hall–Kier alpha value is -1.79. The van der Waals surface area contributed by atoms with Gasteiger partial charge in [-0.05, 0) is 25.6 Å². The van der Waals surface area contributed by atoms with Gasteiger partial charge >= 0.3 is 0 Å². The van der Waals surface area contributed by atoms with Gasteiger partial charge in [-0.3, -0.25) is 4.79 Å². The predicted octanol–water partition coefficient (Wildman–Crippen LogP) is 2.74. The predicted molar refractivity (Wildman–Crippen MR) is 78.3 cm³/mol. The van der Waals surface area contributed by atoms with Crippen molar-refractivity contribution in [1.82, 2.24) is 10.3 Å². The van der Waals surface area contributed by atoms with E-state index in [4.69, 9.17) is 0 Å². The number of rotatable bonds is 5. The Morgan fingerprint density at radius 1 is 1.45 bits per heavy atom. The summed E-state index contributed by atoms with van der Waals surface area (Å²) in [6, 6.07) is 6.39. The zero-order chi connectivity index (χ0) is 14.5. The van der Waals surface area contributed by atoms with Crippen LogP contribution in [0.4, 0.5) is 9.52 Å². The molecule has 0 spiro atoms. The summed E-state index contributed by atoms with van der Waals surface area (Å²) in [6.45, 7) is 1.99. The third kappa shape index (κ3) is 3.61. The molecule has 1 aromatic carbocycles. The molecule has 20 heavy (non-hydrogen) atoms. The summed E-state index contributed by atoms with van der Waals surface area (Å²) in [5, 5.41) is 8.19. The van der Waals surface area contributed by atoms with Crippen molar-refractivity contribution >= 4 is 22.4 Å². The Labute approximate surface area is 121 Å². The molecule has 0 saturated carbocycles. The Morgan fingerprint density at radius 3 is 2.90 bits per heavy atom. The number of carbonyl (C=O) groups is 1. The van der Waals surface area contributed by atoms with E-state index in [9.17, 15) is 9.18 Å². The largest absolute Gasteiger partial charge is 0.312 e. The second kappa shape index (κ2) is 6.58. The molecular formula is C14H16FN3OS. The van der Waals surface area contributed by atoms with E-state index in [-0.39, 0.29) is 24.2 Å². The van der Waals surface area contributed by atoms with Gasteiger partial charge in [-0.2, -0.15) is 0 Å². The van der Waals surface area contributed by atoms with Crippen LogP contribution in [0.1, 0.15) is 24.2 Å². The van der Waals surface area contributed by atoms with Gasteiger partial charge in [0.15, 0.2) is 5.13 Å². The topological polar surface area (TPSA) is 54.0 Å². The number of aromatic nitrogens is 1. The van der Waals surface area contributed by atoms with Crippen LogP contribution in [0.15, 0.2) is 29.6 Å². The van der Waals surface area contributed by atoms with Crippen LogP contribution in [0.3, 0.4) is 0 Å². The van der Waals surface area contributed by atoms with Crippen molar-refractivity contribution in [1.29, 1.82) is 0 Å². The first-order valence-electron chi connectivity index (χ1n) is 6.26. The van der Waals surface area contributed by atoms with Crippen LogP contribution in [0.5, 0.6) is 0 Å². The van der Waals surface area contributed by atoms with E-state index in [2.05, 4.69) is 15.6 Å². The van der Waals surface area contributed by atoms with Gasteiger partial charge in [0.2, 0.25) is 5.91 Å². The molecule has 6 heteroatoms. The number of halogens is 1. The molecule has 2 rings (SSSR count). The second-order valence-electron chi connectivity index (χ2n) is 4.40. The molecule has 0 aliphatic rings. The van der Waals surface area contributed by atoms with Gasteiger partial charge in [0, 0.05) is 11.4 Å². The molecule has 0 bridgehead atoms. The van der Waals surface area contributed by atoms with E-state index in [0.29, 0.717) is 10.7 Å². The van der Waals surface area contributed by atoms with E-state index in [0.717, 1.165) is 5.69 Å². The molecule has 2 N–H and O–H groups in total. The molecule has 1 heterocycles. The minimum absolute atomic E-state index is 0.00314. The number of amides is 1. The van der Waals surface area contributed by atoms with Crippen molar-refractivity contribution in [3.8, 4) is 0 Å². The number of nitrogens with one attached hydrogen (secondary N) is 2. The molecule has 1 atom stereocenters. The lowest BCUT2D eigenvalue weighted by atomic mass is 10.1. The number of nitrogens with zero attached hydrogens (tertiary/aromatic N) is 1. The number of hydrogen-bond acceptors (Lipinski definition) is 4. The lowest BCUT2D eigenvalue weighted by Gasteiger charge is -2.05. The summed E-state index contributed by atoms with van der Waals surface area (Å²) in [5.41, 5.74) is 1.25. The minimum atomic E-state index is -0.369. The molecule has 0 aliphatic carbocycles. The lowest BCUT2D eigenvalue weighted by molar-refractivity contribution is -0.115. The van der Waals surface area contributed by atoms with Gasteiger partial charge < -0.3 is 10.6 Å². The van der Waals surface area contributed by atoms with Gasteiger partial charge in [0.25, 0.3) is 0 Å². The highest BCUT2D eigenvalue weighted by molar-refractivity contribution is 7.13. The van der Waals surface area contributed by atoms with Crippen LogP contribution < -0.4 is 10.6 Å². The average molecular weight is 293 g/mol. The Kier molecular flexibility index (Phi) is 4.81. The average Bonchev–Trinajstić information content (AvgIpc) is 2.89. The number of benzene rings is 1. The molecule has 2 aromatic rings. The number of carbonyl (C=O) groups excluding carboxylic acids is 1. The zero-order valence-corrected chi connectivity index (χ0v) is 12.1. The Bertz CT molecular complexity index is 600. The van der Waals surface area contributed by atoms with Gasteiger partial charge in [-0.25, -0.2) is 9.37 Å². The van der Waals surface area contributed by atoms with E-state index in [1.165, 1.54) is 17.4 Å². The highest BCUT2D eigenvalue weighted by Gasteiger charge is 2.12. The van der Waals surface area contributed by atoms with Crippen molar-refractivity contribution in [2.24, 2.45) is 0 Å². The summed E-state index contributed by atoms with van der Waals surface area (Å²) in [5.74, 6) is -0.639. The third-order valence-electron chi connectivity index (χ3n) is 2.95. The first kappa shape index (κ1) is 14.6. The number of thiazole rings is 1. The van der Waals surface area contributed by atoms with Gasteiger partial charge in [0.1, 0.15) is 5.82 Å². The first-order chi connectivity index (χ1) is 9.60. The van der Waals surface area contributed by atoms with Gasteiger partial charge in [-0.1, -0.05) is 18.2 Å². The van der Waals surface area contributed by atoms with Crippen LogP contribution in [0, 0.1) is 5.82 Å². The van der Waals surface area contributed by atoms with E-state index < -0.39 is 0 Å². The molecule has 0 aliphatic heterocycles. The summed E-state index contributed by atoms with van der Waals surface area (Å²) in [6.07, 6.45) is 0.00314. The van der Waals surface area contributed by atoms with Crippen molar-refractivity contribution < 1.29 is 9.18 Å². The second-order valence-corrected chi connectivity index (χ2v) is 5.26. The summed E-state index contributed by atoms with van der Waals surface area (Å²) >= 11 is 1.36. The van der Waals surface area contributed by atoms with Crippen molar-refractivity contribution in [2.45, 2.75) is 19.4 Å². The summed E-state index contributed by atoms with van der Waals surface area (Å²) < 4.78 is 13.4. The molecule has 0 radical (unpaired) electrons. The maximum absolute atomic E-state index is 13.4.